The number of hydrogen-bond acceptors (Lipinski definition) is 5. The molecule has 0 aliphatic rings. The van der Waals surface area contributed by atoms with E-state index in [-0.39, 0.29) is 0 Å². The number of halogens is 3. The molecule has 1 amide bonds. The minimum atomic E-state index is -5.76. The maximum absolute atomic E-state index is 12.4. The van der Waals surface area contributed by atoms with Crippen molar-refractivity contribution in [2.45, 2.75) is 31.9 Å². The summed E-state index contributed by atoms with van der Waals surface area (Å²) in [5.74, 6) is -0.496. The van der Waals surface area contributed by atoms with E-state index in [0.717, 1.165) is 12.1 Å². The maximum atomic E-state index is 12.4. The highest BCUT2D eigenvalue weighted by molar-refractivity contribution is 7.88. The molecule has 0 radical (unpaired) electrons. The topological polar surface area (TPSA) is 81.7 Å². The number of carbonyl (C=O) groups excluding carboxylic acids is 1. The van der Waals surface area contributed by atoms with E-state index < -0.39 is 33.1 Å². The molecule has 6 nitrogen and oxygen atoms in total. The summed E-state index contributed by atoms with van der Waals surface area (Å²) in [7, 11) is -5.76. The molecule has 0 atom stereocenters. The van der Waals surface area contributed by atoms with Crippen molar-refractivity contribution in [1.82, 2.24) is 0 Å². The third kappa shape index (κ3) is 4.78. The van der Waals surface area contributed by atoms with Gasteiger partial charge in [0.15, 0.2) is 0 Å². The van der Waals surface area contributed by atoms with Gasteiger partial charge in [-0.1, -0.05) is 12.1 Å². The van der Waals surface area contributed by atoms with E-state index in [2.05, 4.69) is 9.50 Å². The van der Waals surface area contributed by atoms with E-state index in [1.165, 1.54) is 18.2 Å². The lowest BCUT2D eigenvalue weighted by atomic mass is 10.1. The summed E-state index contributed by atoms with van der Waals surface area (Å²) in [6.45, 7) is 5.08. The van der Waals surface area contributed by atoms with Gasteiger partial charge in [-0.25, -0.2) is 4.79 Å². The summed E-state index contributed by atoms with van der Waals surface area (Å²) in [5.41, 5.74) is -5.88. The average molecular weight is 391 g/mol. The van der Waals surface area contributed by atoms with Crippen LogP contribution in [-0.2, 0) is 14.9 Å². The van der Waals surface area contributed by atoms with Crippen molar-refractivity contribution < 1.29 is 35.3 Å². The van der Waals surface area contributed by atoms with Gasteiger partial charge in [0.25, 0.3) is 0 Å². The van der Waals surface area contributed by atoms with Gasteiger partial charge in [0.2, 0.25) is 0 Å². The number of benzene rings is 2. The zero-order valence-corrected chi connectivity index (χ0v) is 14.9. The minimum absolute atomic E-state index is 0.349. The fraction of sp³-hybridized carbons (Fsp3) is 0.312. The van der Waals surface area contributed by atoms with Crippen molar-refractivity contribution in [2.75, 3.05) is 5.32 Å². The molecule has 1 N–H and O–H groups in total. The normalized spacial score (nSPS) is 12.7. The zero-order valence-electron chi connectivity index (χ0n) is 14.0. The largest absolute Gasteiger partial charge is 0.534 e. The second-order valence-corrected chi connectivity index (χ2v) is 7.84. The molecule has 2 aromatic rings. The Bertz CT molecular complexity index is 933. The lowest BCUT2D eigenvalue weighted by Gasteiger charge is -2.20. The van der Waals surface area contributed by atoms with Crippen LogP contribution in [0.2, 0.25) is 0 Å². The van der Waals surface area contributed by atoms with Crippen LogP contribution in [0.25, 0.3) is 10.8 Å². The highest BCUT2D eigenvalue weighted by Crippen LogP contribution is 2.31. The SMILES string of the molecule is CC(C)(C)OC(=O)Nc1cccc2cc(OS(=O)(=O)C(F)(F)F)ccc12. The Morgan fingerprint density at radius 2 is 1.73 bits per heavy atom. The number of hydrogen-bond donors (Lipinski definition) is 1. The molecule has 142 valence electrons. The Morgan fingerprint density at radius 3 is 2.31 bits per heavy atom. The minimum Gasteiger partial charge on any atom is -0.444 e. The number of fused-ring (bicyclic) bond motifs is 1. The molecule has 10 heteroatoms. The number of amides is 1. The lowest BCUT2D eigenvalue weighted by molar-refractivity contribution is -0.0500. The highest BCUT2D eigenvalue weighted by Gasteiger charge is 2.48. The van der Waals surface area contributed by atoms with E-state index in [9.17, 15) is 26.4 Å². The van der Waals surface area contributed by atoms with Crippen LogP contribution in [0.4, 0.5) is 23.7 Å². The Labute approximate surface area is 148 Å². The third-order valence-electron chi connectivity index (χ3n) is 2.98. The molecule has 26 heavy (non-hydrogen) atoms. The Morgan fingerprint density at radius 1 is 1.08 bits per heavy atom. The summed E-state index contributed by atoms with van der Waals surface area (Å²) in [6.07, 6.45) is -0.704. The summed E-state index contributed by atoms with van der Waals surface area (Å²) >= 11 is 0. The summed E-state index contributed by atoms with van der Waals surface area (Å²) in [5, 5.41) is 3.37. The standard InChI is InChI=1S/C16H16F3NO5S/c1-15(2,3)24-14(21)20-13-6-4-5-10-9-11(7-8-12(10)13)25-26(22,23)16(17,18)19/h4-9H,1-3H3,(H,20,21). The van der Waals surface area contributed by atoms with Crippen molar-refractivity contribution in [1.29, 1.82) is 0 Å². The van der Waals surface area contributed by atoms with E-state index >= 15 is 0 Å². The van der Waals surface area contributed by atoms with E-state index in [4.69, 9.17) is 4.74 Å². The van der Waals surface area contributed by atoms with Gasteiger partial charge in [-0.2, -0.15) is 21.6 Å². The second kappa shape index (κ2) is 6.67. The molecule has 0 aliphatic heterocycles. The van der Waals surface area contributed by atoms with Gasteiger partial charge < -0.3 is 8.92 Å². The summed E-state index contributed by atoms with van der Waals surface area (Å²) in [4.78, 5) is 11.9. The molecule has 0 bridgehead atoms. The van der Waals surface area contributed by atoms with Gasteiger partial charge in [-0.3, -0.25) is 5.32 Å². The molecule has 2 aromatic carbocycles. The Balaban J connectivity index is 2.31. The molecular formula is C16H16F3NO5S. The van der Waals surface area contributed by atoms with Crippen molar-refractivity contribution in [2.24, 2.45) is 0 Å². The maximum Gasteiger partial charge on any atom is 0.534 e. The molecule has 0 spiro atoms. The molecule has 0 fully saturated rings. The Hall–Kier alpha value is -2.49. The number of ether oxygens (including phenoxy) is 1. The van der Waals surface area contributed by atoms with E-state index in [1.807, 2.05) is 0 Å². The second-order valence-electron chi connectivity index (χ2n) is 6.30. The first-order valence-electron chi connectivity index (χ1n) is 7.32. The average Bonchev–Trinajstić information content (AvgIpc) is 2.43. The predicted octanol–water partition coefficient (Wildman–Crippen LogP) is 4.42. The number of carbonyl (C=O) groups is 1. The lowest BCUT2D eigenvalue weighted by Crippen LogP contribution is -2.28. The van der Waals surface area contributed by atoms with Gasteiger partial charge in [0, 0.05) is 5.39 Å². The number of anilines is 1. The Kier molecular flexibility index (Phi) is 5.09. The van der Waals surface area contributed by atoms with E-state index in [0.29, 0.717) is 16.5 Å². The molecule has 0 saturated heterocycles. The van der Waals surface area contributed by atoms with E-state index in [1.54, 1.807) is 26.8 Å². The van der Waals surface area contributed by atoms with Gasteiger partial charge in [-0.15, -0.1) is 0 Å². The van der Waals surface area contributed by atoms with Crippen LogP contribution in [0.5, 0.6) is 5.75 Å². The summed E-state index contributed by atoms with van der Waals surface area (Å²) in [6, 6.07) is 8.16. The molecule has 0 heterocycles. The first kappa shape index (κ1) is 19.8. The number of alkyl halides is 3. The quantitative estimate of drug-likeness (QED) is 0.619. The van der Waals surface area contributed by atoms with Crippen LogP contribution in [0, 0.1) is 0 Å². The predicted molar refractivity (Wildman–Crippen MR) is 89.4 cm³/mol. The van der Waals surface area contributed by atoms with Crippen LogP contribution < -0.4 is 9.50 Å². The first-order chi connectivity index (χ1) is 11.8. The van der Waals surface area contributed by atoms with Crippen LogP contribution >= 0.6 is 0 Å². The molecule has 0 saturated carbocycles. The monoisotopic (exact) mass is 391 g/mol. The fourth-order valence-electron chi connectivity index (χ4n) is 2.01. The first-order valence-corrected chi connectivity index (χ1v) is 8.73. The zero-order chi connectivity index (χ0) is 19.8. The number of rotatable bonds is 3. The van der Waals surface area contributed by atoms with Crippen molar-refractivity contribution in [3.8, 4) is 5.75 Å². The van der Waals surface area contributed by atoms with Crippen molar-refractivity contribution in [3.05, 3.63) is 36.4 Å². The van der Waals surface area contributed by atoms with Crippen LogP contribution in [0.1, 0.15) is 20.8 Å². The van der Waals surface area contributed by atoms with Crippen LogP contribution in [0.3, 0.4) is 0 Å². The third-order valence-corrected chi connectivity index (χ3v) is 3.96. The molecule has 0 unspecified atom stereocenters. The molecular weight excluding hydrogens is 375 g/mol. The molecule has 0 aromatic heterocycles. The van der Waals surface area contributed by atoms with Crippen molar-refractivity contribution in [3.63, 3.8) is 0 Å². The van der Waals surface area contributed by atoms with Crippen LogP contribution in [0.15, 0.2) is 36.4 Å². The smallest absolute Gasteiger partial charge is 0.444 e. The van der Waals surface area contributed by atoms with Gasteiger partial charge in [-0.05, 0) is 50.4 Å². The van der Waals surface area contributed by atoms with Crippen molar-refractivity contribution >= 4 is 32.7 Å². The van der Waals surface area contributed by atoms with Gasteiger partial charge >= 0.3 is 21.7 Å². The fourth-order valence-corrected chi connectivity index (χ4v) is 2.46. The van der Waals surface area contributed by atoms with Crippen LogP contribution in [-0.4, -0.2) is 25.6 Å². The molecule has 2 rings (SSSR count). The van der Waals surface area contributed by atoms with Gasteiger partial charge in [0.1, 0.15) is 11.4 Å². The molecule has 0 aliphatic carbocycles. The van der Waals surface area contributed by atoms with Gasteiger partial charge in [0.05, 0.1) is 5.69 Å². The number of nitrogens with one attached hydrogen (secondary N) is 1. The summed E-state index contributed by atoms with van der Waals surface area (Å²) < 4.78 is 68.6. The highest BCUT2D eigenvalue weighted by atomic mass is 32.2.